The highest BCUT2D eigenvalue weighted by atomic mass is 31.1. The number of hydrogen-bond donors (Lipinski definition) is 2. The fourth-order valence-corrected chi connectivity index (χ4v) is 8.46. The SMILES string of the molecule is CP(C)c1ccc(N)cc1-c1ccc2c(N3C[C@H]4CC[C@@H](C3)N4)nc(OC[C@@]34CCCN3C[C@H](F)C4)nc2c1F. The summed E-state index contributed by atoms with van der Waals surface area (Å²) in [7, 11) is -0.485. The van der Waals surface area contributed by atoms with E-state index in [1.54, 1.807) is 0 Å². The molecule has 40 heavy (non-hydrogen) atoms. The second-order valence-corrected chi connectivity index (χ2v) is 14.5. The maximum atomic E-state index is 16.6. The van der Waals surface area contributed by atoms with Crippen molar-refractivity contribution < 1.29 is 13.5 Å². The number of anilines is 2. The van der Waals surface area contributed by atoms with Crippen molar-refractivity contribution in [3.63, 3.8) is 0 Å². The molecule has 5 heterocycles. The highest BCUT2D eigenvalue weighted by Gasteiger charge is 2.49. The van der Waals surface area contributed by atoms with E-state index in [-0.39, 0.29) is 17.1 Å². The fourth-order valence-electron chi connectivity index (χ4n) is 7.42. The van der Waals surface area contributed by atoms with E-state index in [4.69, 9.17) is 15.5 Å². The molecule has 3 aromatic rings. The summed E-state index contributed by atoms with van der Waals surface area (Å²) >= 11 is 0. The van der Waals surface area contributed by atoms with E-state index < -0.39 is 19.9 Å². The molecule has 4 aliphatic heterocycles. The molecule has 4 aliphatic rings. The highest BCUT2D eigenvalue weighted by molar-refractivity contribution is 7.64. The van der Waals surface area contributed by atoms with Crippen LogP contribution in [0.25, 0.3) is 22.0 Å². The lowest BCUT2D eigenvalue weighted by molar-refractivity contribution is 0.107. The van der Waals surface area contributed by atoms with Gasteiger partial charge in [0.05, 0.1) is 5.54 Å². The molecule has 4 saturated heterocycles. The number of piperazine rings is 1. The average Bonchev–Trinajstić information content (AvgIpc) is 3.57. The van der Waals surface area contributed by atoms with Gasteiger partial charge >= 0.3 is 6.01 Å². The number of aromatic nitrogens is 2. The molecule has 0 unspecified atom stereocenters. The van der Waals surface area contributed by atoms with Gasteiger partial charge in [0.2, 0.25) is 0 Å². The molecule has 7 nitrogen and oxygen atoms in total. The summed E-state index contributed by atoms with van der Waals surface area (Å²) in [4.78, 5) is 14.0. The van der Waals surface area contributed by atoms with Crippen molar-refractivity contribution in [1.82, 2.24) is 20.2 Å². The minimum atomic E-state index is -0.844. The molecule has 2 bridgehead atoms. The molecule has 0 amide bonds. The Morgan fingerprint density at radius 1 is 1.10 bits per heavy atom. The largest absolute Gasteiger partial charge is 0.461 e. The number of nitrogens with zero attached hydrogens (tertiary/aromatic N) is 4. The molecule has 0 saturated carbocycles. The Hall–Kier alpha value is -2.61. The lowest BCUT2D eigenvalue weighted by Gasteiger charge is -2.34. The Bertz CT molecular complexity index is 1440. The highest BCUT2D eigenvalue weighted by Crippen LogP contribution is 2.41. The van der Waals surface area contributed by atoms with Gasteiger partial charge in [0, 0.05) is 54.8 Å². The molecule has 2 aromatic carbocycles. The third-order valence-corrected chi connectivity index (χ3v) is 10.7. The quantitative estimate of drug-likeness (QED) is 0.341. The van der Waals surface area contributed by atoms with Crippen LogP contribution in [0.5, 0.6) is 6.01 Å². The number of fused-ring (bicyclic) bond motifs is 4. The van der Waals surface area contributed by atoms with Crippen LogP contribution >= 0.6 is 7.92 Å². The predicted octanol–water partition coefficient (Wildman–Crippen LogP) is 4.28. The van der Waals surface area contributed by atoms with Crippen LogP contribution in [-0.4, -0.2) is 84.8 Å². The number of hydrogen-bond acceptors (Lipinski definition) is 7. The number of rotatable bonds is 6. The number of alkyl halides is 1. The summed E-state index contributed by atoms with van der Waals surface area (Å²) < 4.78 is 37.2. The van der Waals surface area contributed by atoms with Crippen LogP contribution in [0.2, 0.25) is 0 Å². The molecule has 1 aromatic heterocycles. The van der Waals surface area contributed by atoms with Crippen LogP contribution in [0, 0.1) is 5.82 Å². The van der Waals surface area contributed by atoms with Gasteiger partial charge in [0.1, 0.15) is 24.1 Å². The Balaban J connectivity index is 1.32. The average molecular weight is 567 g/mol. The number of nitrogen functional groups attached to an aromatic ring is 1. The molecular formula is C30H37F2N6OP. The molecule has 0 spiro atoms. The summed E-state index contributed by atoms with van der Waals surface area (Å²) in [5.74, 6) is 0.318. The molecule has 3 N–H and O–H groups in total. The Morgan fingerprint density at radius 3 is 2.67 bits per heavy atom. The lowest BCUT2D eigenvalue weighted by Crippen LogP contribution is -2.51. The summed E-state index contributed by atoms with van der Waals surface area (Å²) in [6.07, 6.45) is 3.80. The van der Waals surface area contributed by atoms with E-state index in [0.717, 1.165) is 56.2 Å². The Labute approximate surface area is 235 Å². The summed E-state index contributed by atoms with van der Waals surface area (Å²) in [5.41, 5.74) is 7.96. The predicted molar refractivity (Wildman–Crippen MR) is 158 cm³/mol. The summed E-state index contributed by atoms with van der Waals surface area (Å²) in [6, 6.07) is 10.5. The number of halogens is 2. The second-order valence-electron chi connectivity index (χ2n) is 12.2. The normalized spacial score (nSPS) is 28.1. The van der Waals surface area contributed by atoms with Crippen LogP contribution < -0.4 is 26.0 Å². The maximum absolute atomic E-state index is 16.6. The zero-order valence-corrected chi connectivity index (χ0v) is 24.1. The van der Waals surface area contributed by atoms with Gasteiger partial charge in [-0.05, 0) is 74.6 Å². The molecule has 0 radical (unpaired) electrons. The zero-order valence-electron chi connectivity index (χ0n) is 23.2. The number of nitrogens with one attached hydrogen (secondary N) is 1. The third kappa shape index (κ3) is 4.50. The smallest absolute Gasteiger partial charge is 0.319 e. The van der Waals surface area contributed by atoms with Crippen molar-refractivity contribution in [2.24, 2.45) is 0 Å². The minimum Gasteiger partial charge on any atom is -0.461 e. The van der Waals surface area contributed by atoms with Crippen molar-refractivity contribution in [3.05, 3.63) is 36.1 Å². The molecule has 4 fully saturated rings. The summed E-state index contributed by atoms with van der Waals surface area (Å²) in [5, 5.41) is 5.44. The van der Waals surface area contributed by atoms with Gasteiger partial charge in [-0.2, -0.15) is 9.97 Å². The number of ether oxygens (including phenoxy) is 1. The number of nitrogens with two attached hydrogens (primary N) is 1. The van der Waals surface area contributed by atoms with Gasteiger partial charge in [0.25, 0.3) is 0 Å². The molecule has 4 atom stereocenters. The standard InChI is InChI=1S/C30H37F2N6OP/c1-40(2)25-9-4-19(33)12-24(25)22-7-8-23-27(26(22)32)35-29(36-28(23)37-15-20-5-6-21(16-37)34-20)39-17-30-10-3-11-38(30)14-18(31)13-30/h4,7-9,12,18,20-21,34H,3,5-6,10-11,13-17,33H2,1-2H3/t18-,20-,21+,30+/m1/s1. The molecular weight excluding hydrogens is 529 g/mol. The van der Waals surface area contributed by atoms with Crippen molar-refractivity contribution >= 4 is 35.6 Å². The van der Waals surface area contributed by atoms with Crippen LogP contribution in [-0.2, 0) is 0 Å². The van der Waals surface area contributed by atoms with Crippen LogP contribution in [0.3, 0.4) is 0 Å². The van der Waals surface area contributed by atoms with E-state index in [2.05, 4.69) is 33.4 Å². The van der Waals surface area contributed by atoms with Crippen molar-refractivity contribution in [2.45, 2.75) is 55.9 Å². The first kappa shape index (κ1) is 26.3. The van der Waals surface area contributed by atoms with Crippen molar-refractivity contribution in [3.8, 4) is 17.1 Å². The topological polar surface area (TPSA) is 79.5 Å². The Kier molecular flexibility index (Phi) is 6.60. The molecule has 0 aliphatic carbocycles. The van der Waals surface area contributed by atoms with Gasteiger partial charge < -0.3 is 20.7 Å². The monoisotopic (exact) mass is 566 g/mol. The van der Waals surface area contributed by atoms with E-state index in [9.17, 15) is 4.39 Å². The van der Waals surface area contributed by atoms with Gasteiger partial charge in [0.15, 0.2) is 5.82 Å². The molecule has 10 heteroatoms. The van der Waals surface area contributed by atoms with Crippen LogP contribution in [0.1, 0.15) is 32.1 Å². The third-order valence-electron chi connectivity index (χ3n) is 9.31. The lowest BCUT2D eigenvalue weighted by atomic mass is 9.95. The van der Waals surface area contributed by atoms with E-state index in [1.165, 1.54) is 0 Å². The summed E-state index contributed by atoms with van der Waals surface area (Å²) in [6.45, 7) is 7.57. The van der Waals surface area contributed by atoms with E-state index in [0.29, 0.717) is 54.1 Å². The van der Waals surface area contributed by atoms with Crippen LogP contribution in [0.4, 0.5) is 20.3 Å². The zero-order chi connectivity index (χ0) is 27.6. The molecule has 212 valence electrons. The van der Waals surface area contributed by atoms with E-state index in [1.807, 2.05) is 30.3 Å². The Morgan fingerprint density at radius 2 is 1.90 bits per heavy atom. The van der Waals surface area contributed by atoms with Gasteiger partial charge in [-0.25, -0.2) is 8.78 Å². The van der Waals surface area contributed by atoms with Gasteiger partial charge in [-0.15, -0.1) is 0 Å². The first-order valence-corrected chi connectivity index (χ1v) is 16.6. The minimum absolute atomic E-state index is 0.161. The fraction of sp³-hybridized carbons (Fsp3) is 0.533. The number of benzene rings is 2. The van der Waals surface area contributed by atoms with Crippen LogP contribution in [0.15, 0.2) is 30.3 Å². The van der Waals surface area contributed by atoms with E-state index >= 15 is 4.39 Å². The first-order valence-electron chi connectivity index (χ1n) is 14.4. The second kappa shape index (κ2) is 10.0. The first-order chi connectivity index (χ1) is 19.3. The molecule has 7 rings (SSSR count). The van der Waals surface area contributed by atoms with Gasteiger partial charge in [-0.3, -0.25) is 4.90 Å². The van der Waals surface area contributed by atoms with Crippen molar-refractivity contribution in [1.29, 1.82) is 0 Å². The maximum Gasteiger partial charge on any atom is 0.319 e. The van der Waals surface area contributed by atoms with Crippen molar-refractivity contribution in [2.75, 3.05) is 56.7 Å². The van der Waals surface area contributed by atoms with Gasteiger partial charge in [-0.1, -0.05) is 20.1 Å².